The highest BCUT2D eigenvalue weighted by Gasteiger charge is 2.21. The zero-order valence-corrected chi connectivity index (χ0v) is 7.94. The van der Waals surface area contributed by atoms with Crippen molar-refractivity contribution in [3.8, 4) is 0 Å². The average molecular weight is 206 g/mol. The molecule has 0 heterocycles. The van der Waals surface area contributed by atoms with Crippen molar-refractivity contribution in [1.82, 2.24) is 0 Å². The summed E-state index contributed by atoms with van der Waals surface area (Å²) in [5, 5.41) is 0. The van der Waals surface area contributed by atoms with Gasteiger partial charge in [0.1, 0.15) is 0 Å². The van der Waals surface area contributed by atoms with Gasteiger partial charge in [-0.2, -0.15) is 0 Å². The van der Waals surface area contributed by atoms with Crippen LogP contribution in [0.4, 0.5) is 0 Å². The summed E-state index contributed by atoms with van der Waals surface area (Å²) in [5.41, 5.74) is 5.50. The quantitative estimate of drug-likeness (QED) is 0.689. The first-order valence-electron chi connectivity index (χ1n) is 4.18. The average Bonchev–Trinajstić information content (AvgIpc) is 1.94. The first-order valence-corrected chi connectivity index (χ1v) is 5.10. The molecule has 60 valence electrons. The lowest BCUT2D eigenvalue weighted by atomic mass is 9.87. The molecule has 0 radical (unpaired) electrons. The Morgan fingerprint density at radius 3 is 2.60 bits per heavy atom. The lowest BCUT2D eigenvalue weighted by Gasteiger charge is -2.26. The maximum absolute atomic E-state index is 5.50. The van der Waals surface area contributed by atoms with E-state index in [9.17, 15) is 0 Å². The Bertz CT molecular complexity index is 93.3. The van der Waals surface area contributed by atoms with Gasteiger partial charge < -0.3 is 5.73 Å². The smallest absolute Gasteiger partial charge is 0.0174 e. The third-order valence-electron chi connectivity index (χ3n) is 2.35. The van der Waals surface area contributed by atoms with Crippen LogP contribution in [-0.2, 0) is 0 Å². The van der Waals surface area contributed by atoms with Crippen molar-refractivity contribution in [1.29, 1.82) is 0 Å². The second-order valence-electron chi connectivity index (χ2n) is 3.14. The Labute approximate surface area is 71.5 Å². The van der Waals surface area contributed by atoms with Crippen LogP contribution in [0.5, 0.6) is 0 Å². The summed E-state index contributed by atoms with van der Waals surface area (Å²) in [6.07, 6.45) is 6.75. The summed E-state index contributed by atoms with van der Waals surface area (Å²) in [7, 11) is 0. The molecule has 1 saturated carbocycles. The largest absolute Gasteiger partial charge is 0.330 e. The number of nitrogens with two attached hydrogens (primary N) is 1. The van der Waals surface area contributed by atoms with E-state index in [1.807, 2.05) is 0 Å². The number of rotatable bonds is 2. The van der Waals surface area contributed by atoms with Crippen LogP contribution < -0.4 is 5.73 Å². The second-order valence-corrected chi connectivity index (χ2v) is 4.31. The van der Waals surface area contributed by atoms with Gasteiger partial charge in [0.25, 0.3) is 0 Å². The van der Waals surface area contributed by atoms with E-state index in [1.165, 1.54) is 32.1 Å². The molecular formula is C8H16BrN. The monoisotopic (exact) mass is 205 g/mol. The molecule has 0 saturated heterocycles. The van der Waals surface area contributed by atoms with E-state index in [2.05, 4.69) is 15.9 Å². The number of hydrogen-bond acceptors (Lipinski definition) is 1. The third kappa shape index (κ3) is 2.24. The highest BCUT2D eigenvalue weighted by Crippen LogP contribution is 2.31. The van der Waals surface area contributed by atoms with Crippen molar-refractivity contribution < 1.29 is 0 Å². The minimum absolute atomic E-state index is 0.754. The van der Waals surface area contributed by atoms with Gasteiger partial charge in [0.05, 0.1) is 0 Å². The molecule has 0 spiro atoms. The Hall–Kier alpha value is 0.440. The highest BCUT2D eigenvalue weighted by atomic mass is 79.9. The Kier molecular flexibility index (Phi) is 3.71. The third-order valence-corrected chi connectivity index (χ3v) is 3.56. The molecule has 1 fully saturated rings. The van der Waals surface area contributed by atoms with Crippen molar-refractivity contribution in [2.75, 3.05) is 6.54 Å². The van der Waals surface area contributed by atoms with Gasteiger partial charge in [-0.15, -0.1) is 0 Å². The molecule has 0 aromatic carbocycles. The van der Waals surface area contributed by atoms with Gasteiger partial charge in [-0.25, -0.2) is 0 Å². The van der Waals surface area contributed by atoms with Gasteiger partial charge in [0.2, 0.25) is 0 Å². The van der Waals surface area contributed by atoms with E-state index in [-0.39, 0.29) is 0 Å². The lowest BCUT2D eigenvalue weighted by molar-refractivity contribution is 0.359. The first kappa shape index (κ1) is 8.54. The minimum atomic E-state index is 0.754. The van der Waals surface area contributed by atoms with E-state index in [1.54, 1.807) is 0 Å². The fourth-order valence-corrected chi connectivity index (χ4v) is 2.55. The Morgan fingerprint density at radius 1 is 1.30 bits per heavy atom. The van der Waals surface area contributed by atoms with Crippen LogP contribution in [0.15, 0.2) is 0 Å². The summed E-state index contributed by atoms with van der Waals surface area (Å²) < 4.78 is 0. The molecular weight excluding hydrogens is 190 g/mol. The van der Waals surface area contributed by atoms with Crippen LogP contribution in [0.25, 0.3) is 0 Å². The van der Waals surface area contributed by atoms with Crippen molar-refractivity contribution in [3.63, 3.8) is 0 Å². The minimum Gasteiger partial charge on any atom is -0.330 e. The van der Waals surface area contributed by atoms with Crippen molar-refractivity contribution in [3.05, 3.63) is 0 Å². The molecule has 1 rings (SSSR count). The summed E-state index contributed by atoms with van der Waals surface area (Å²) in [6.45, 7) is 0.854. The SMILES string of the molecule is NCC[C@H]1CCCC[C@H]1Br. The predicted molar refractivity (Wildman–Crippen MR) is 48.3 cm³/mol. The van der Waals surface area contributed by atoms with Crippen LogP contribution in [0, 0.1) is 5.92 Å². The number of halogens is 1. The van der Waals surface area contributed by atoms with Crippen LogP contribution in [0.3, 0.4) is 0 Å². The van der Waals surface area contributed by atoms with Crippen LogP contribution in [0.1, 0.15) is 32.1 Å². The van der Waals surface area contributed by atoms with Gasteiger partial charge in [-0.3, -0.25) is 0 Å². The van der Waals surface area contributed by atoms with Gasteiger partial charge in [-0.05, 0) is 31.7 Å². The fraction of sp³-hybridized carbons (Fsp3) is 1.00. The molecule has 0 unspecified atom stereocenters. The van der Waals surface area contributed by atoms with E-state index >= 15 is 0 Å². The molecule has 2 heteroatoms. The van der Waals surface area contributed by atoms with Crippen LogP contribution in [-0.4, -0.2) is 11.4 Å². The van der Waals surface area contributed by atoms with Gasteiger partial charge >= 0.3 is 0 Å². The van der Waals surface area contributed by atoms with Crippen molar-refractivity contribution in [2.45, 2.75) is 36.9 Å². The zero-order chi connectivity index (χ0) is 7.40. The molecule has 1 nitrogen and oxygen atoms in total. The molecule has 1 aliphatic carbocycles. The van der Waals surface area contributed by atoms with E-state index < -0.39 is 0 Å². The Balaban J connectivity index is 2.25. The molecule has 0 aromatic rings. The van der Waals surface area contributed by atoms with Gasteiger partial charge in [-0.1, -0.05) is 28.8 Å². The summed E-state index contributed by atoms with van der Waals surface area (Å²) >= 11 is 3.70. The molecule has 2 atom stereocenters. The predicted octanol–water partition coefficient (Wildman–Crippen LogP) is 2.29. The maximum Gasteiger partial charge on any atom is 0.0174 e. The number of hydrogen-bond donors (Lipinski definition) is 1. The van der Waals surface area contributed by atoms with Crippen molar-refractivity contribution in [2.24, 2.45) is 11.7 Å². The number of alkyl halides is 1. The lowest BCUT2D eigenvalue weighted by Crippen LogP contribution is -2.21. The van der Waals surface area contributed by atoms with E-state index in [0.717, 1.165) is 17.3 Å². The van der Waals surface area contributed by atoms with Gasteiger partial charge in [0, 0.05) is 4.83 Å². The molecule has 1 aliphatic rings. The topological polar surface area (TPSA) is 26.0 Å². The summed E-state index contributed by atoms with van der Waals surface area (Å²) in [6, 6.07) is 0. The standard InChI is InChI=1S/C8H16BrN/c9-8-4-2-1-3-7(8)5-6-10/h7-8H,1-6,10H2/t7-,8-/m1/s1. The van der Waals surface area contributed by atoms with Crippen molar-refractivity contribution >= 4 is 15.9 Å². The van der Waals surface area contributed by atoms with Gasteiger partial charge in [0.15, 0.2) is 0 Å². The van der Waals surface area contributed by atoms with E-state index in [4.69, 9.17) is 5.73 Å². The molecule has 2 N–H and O–H groups in total. The molecule has 0 aromatic heterocycles. The normalized spacial score (nSPS) is 34.2. The molecule has 0 amide bonds. The first-order chi connectivity index (χ1) is 4.84. The summed E-state index contributed by atoms with van der Waals surface area (Å²) in [4.78, 5) is 0.754. The van der Waals surface area contributed by atoms with Crippen LogP contribution in [0.2, 0.25) is 0 Å². The van der Waals surface area contributed by atoms with E-state index in [0.29, 0.717) is 0 Å². The zero-order valence-electron chi connectivity index (χ0n) is 6.35. The summed E-state index contributed by atoms with van der Waals surface area (Å²) in [5.74, 6) is 0.860. The fourth-order valence-electron chi connectivity index (χ4n) is 1.70. The Morgan fingerprint density at radius 2 is 2.00 bits per heavy atom. The highest BCUT2D eigenvalue weighted by molar-refractivity contribution is 9.09. The second kappa shape index (κ2) is 4.35. The molecule has 0 aliphatic heterocycles. The van der Waals surface area contributed by atoms with Crippen LogP contribution >= 0.6 is 15.9 Å². The molecule has 0 bridgehead atoms. The molecule has 10 heavy (non-hydrogen) atoms. The maximum atomic E-state index is 5.50.